The van der Waals surface area contributed by atoms with Crippen molar-refractivity contribution in [3.63, 3.8) is 0 Å². The number of sulfone groups is 1. The maximum Gasteiger partial charge on any atom is 0.222 e. The fraction of sp³-hybridized carbons (Fsp3) is 0.300. The fourth-order valence-electron chi connectivity index (χ4n) is 3.06. The number of amides is 1. The van der Waals surface area contributed by atoms with Crippen LogP contribution in [0, 0.1) is 6.92 Å². The Kier molecular flexibility index (Phi) is 5.02. The Bertz CT molecular complexity index is 1230. The highest BCUT2D eigenvalue weighted by Crippen LogP contribution is 2.36. The minimum atomic E-state index is -3.46. The van der Waals surface area contributed by atoms with Gasteiger partial charge in [-0.1, -0.05) is 0 Å². The smallest absolute Gasteiger partial charge is 0.222 e. The summed E-state index contributed by atoms with van der Waals surface area (Å²) in [4.78, 5) is 20.0. The Morgan fingerprint density at radius 1 is 1.20 bits per heavy atom. The fourth-order valence-corrected chi connectivity index (χ4v) is 3.73. The van der Waals surface area contributed by atoms with E-state index in [1.54, 1.807) is 25.3 Å². The first-order valence-electron chi connectivity index (χ1n) is 9.48. The molecule has 30 heavy (non-hydrogen) atoms. The first-order chi connectivity index (χ1) is 14.2. The standard InChI is InChI=1S/C20H22N6O3S/c1-12-8-19(24-20(9-12)30(3,28)29)23-17-10-18(22-13(2)27)21-11-15(17)16-6-7-26(25-16)14-4-5-14/h6-11,14H,4-5H2,1-3H3,(H2,21,22,23,24,27). The van der Waals surface area contributed by atoms with Gasteiger partial charge in [-0.3, -0.25) is 9.48 Å². The van der Waals surface area contributed by atoms with Crippen molar-refractivity contribution < 1.29 is 13.2 Å². The zero-order valence-corrected chi connectivity index (χ0v) is 17.7. The van der Waals surface area contributed by atoms with Crippen molar-refractivity contribution in [3.05, 3.63) is 42.2 Å². The van der Waals surface area contributed by atoms with Crippen LogP contribution in [0.3, 0.4) is 0 Å². The van der Waals surface area contributed by atoms with E-state index in [2.05, 4.69) is 25.7 Å². The second-order valence-corrected chi connectivity index (χ2v) is 9.44. The molecule has 1 fully saturated rings. The van der Waals surface area contributed by atoms with Crippen LogP contribution in [0.15, 0.2) is 41.7 Å². The Labute approximate surface area is 174 Å². The molecule has 0 atom stereocenters. The molecule has 1 saturated carbocycles. The van der Waals surface area contributed by atoms with Crippen LogP contribution in [-0.2, 0) is 14.6 Å². The number of anilines is 3. The predicted octanol–water partition coefficient (Wildman–Crippen LogP) is 3.09. The van der Waals surface area contributed by atoms with Gasteiger partial charge >= 0.3 is 0 Å². The largest absolute Gasteiger partial charge is 0.339 e. The summed E-state index contributed by atoms with van der Waals surface area (Å²) in [7, 11) is -3.46. The van der Waals surface area contributed by atoms with Crippen LogP contribution in [0.1, 0.15) is 31.4 Å². The molecule has 3 heterocycles. The summed E-state index contributed by atoms with van der Waals surface area (Å²) in [5, 5.41) is 10.5. The molecular formula is C20H22N6O3S. The van der Waals surface area contributed by atoms with E-state index in [-0.39, 0.29) is 10.9 Å². The molecule has 4 rings (SSSR count). The number of hydrogen-bond donors (Lipinski definition) is 2. The van der Waals surface area contributed by atoms with Crippen molar-refractivity contribution in [1.82, 2.24) is 19.7 Å². The van der Waals surface area contributed by atoms with Crippen LogP contribution in [-0.4, -0.2) is 40.3 Å². The van der Waals surface area contributed by atoms with Gasteiger partial charge in [0, 0.05) is 37.2 Å². The van der Waals surface area contributed by atoms with E-state index in [1.807, 2.05) is 16.9 Å². The Morgan fingerprint density at radius 2 is 1.97 bits per heavy atom. The second kappa shape index (κ2) is 7.52. The van der Waals surface area contributed by atoms with Gasteiger partial charge < -0.3 is 10.6 Å². The summed E-state index contributed by atoms with van der Waals surface area (Å²) >= 11 is 0. The highest BCUT2D eigenvalue weighted by Gasteiger charge is 2.25. The number of carbonyl (C=O) groups is 1. The quantitative estimate of drug-likeness (QED) is 0.622. The number of carbonyl (C=O) groups excluding carboxylic acids is 1. The third kappa shape index (κ3) is 4.48. The molecule has 156 valence electrons. The highest BCUT2D eigenvalue weighted by molar-refractivity contribution is 7.90. The number of aromatic nitrogens is 4. The summed E-state index contributed by atoms with van der Waals surface area (Å²) in [6.07, 6.45) is 6.92. The molecule has 0 aromatic carbocycles. The average Bonchev–Trinajstić information content (AvgIpc) is 3.38. The zero-order chi connectivity index (χ0) is 21.5. The van der Waals surface area contributed by atoms with Crippen molar-refractivity contribution in [2.24, 2.45) is 0 Å². The predicted molar refractivity (Wildman–Crippen MR) is 113 cm³/mol. The van der Waals surface area contributed by atoms with Gasteiger partial charge in [-0.15, -0.1) is 0 Å². The molecule has 0 unspecified atom stereocenters. The molecule has 3 aromatic rings. The van der Waals surface area contributed by atoms with Gasteiger partial charge in [0.1, 0.15) is 11.6 Å². The van der Waals surface area contributed by atoms with E-state index in [9.17, 15) is 13.2 Å². The first-order valence-corrected chi connectivity index (χ1v) is 11.4. The van der Waals surface area contributed by atoms with E-state index in [4.69, 9.17) is 0 Å². The lowest BCUT2D eigenvalue weighted by molar-refractivity contribution is -0.114. The van der Waals surface area contributed by atoms with Crippen LogP contribution in [0.25, 0.3) is 11.3 Å². The van der Waals surface area contributed by atoms with Crippen molar-refractivity contribution in [3.8, 4) is 11.3 Å². The average molecular weight is 427 g/mol. The number of hydrogen-bond acceptors (Lipinski definition) is 7. The molecule has 9 nitrogen and oxygen atoms in total. The molecule has 0 saturated heterocycles. The summed E-state index contributed by atoms with van der Waals surface area (Å²) in [5.41, 5.74) is 2.80. The van der Waals surface area contributed by atoms with Gasteiger partial charge in [0.25, 0.3) is 0 Å². The van der Waals surface area contributed by atoms with Gasteiger partial charge in [0.2, 0.25) is 5.91 Å². The van der Waals surface area contributed by atoms with Crippen LogP contribution in [0.5, 0.6) is 0 Å². The lowest BCUT2D eigenvalue weighted by Crippen LogP contribution is -2.09. The molecule has 10 heteroatoms. The molecular weight excluding hydrogens is 404 g/mol. The maximum absolute atomic E-state index is 12.0. The van der Waals surface area contributed by atoms with E-state index < -0.39 is 9.84 Å². The monoisotopic (exact) mass is 426 g/mol. The molecule has 1 aliphatic carbocycles. The number of pyridine rings is 2. The number of aryl methyl sites for hydroxylation is 1. The van der Waals surface area contributed by atoms with Gasteiger partial charge in [-0.2, -0.15) is 5.10 Å². The van der Waals surface area contributed by atoms with Gasteiger partial charge in [0.15, 0.2) is 14.9 Å². The number of rotatable bonds is 6. The Hall–Kier alpha value is -3.27. The minimum absolute atomic E-state index is 0.0132. The van der Waals surface area contributed by atoms with E-state index >= 15 is 0 Å². The molecule has 1 aliphatic rings. The zero-order valence-electron chi connectivity index (χ0n) is 16.9. The second-order valence-electron chi connectivity index (χ2n) is 7.47. The summed E-state index contributed by atoms with van der Waals surface area (Å²) in [6, 6.07) is 7.30. The van der Waals surface area contributed by atoms with E-state index in [0.717, 1.165) is 30.4 Å². The van der Waals surface area contributed by atoms with Crippen molar-refractivity contribution in [1.29, 1.82) is 0 Å². The summed E-state index contributed by atoms with van der Waals surface area (Å²) in [6.45, 7) is 3.20. The molecule has 0 spiro atoms. The van der Waals surface area contributed by atoms with Crippen molar-refractivity contribution >= 4 is 33.1 Å². The molecule has 0 aliphatic heterocycles. The van der Waals surface area contributed by atoms with Crippen molar-refractivity contribution in [2.45, 2.75) is 37.8 Å². The normalized spacial score (nSPS) is 13.8. The molecule has 0 bridgehead atoms. The maximum atomic E-state index is 12.0. The lowest BCUT2D eigenvalue weighted by Gasteiger charge is -2.13. The van der Waals surface area contributed by atoms with Gasteiger partial charge in [-0.05, 0) is 43.5 Å². The summed E-state index contributed by atoms with van der Waals surface area (Å²) in [5.74, 6) is 0.497. The number of nitrogens with zero attached hydrogens (tertiary/aromatic N) is 4. The molecule has 3 aromatic heterocycles. The summed E-state index contributed by atoms with van der Waals surface area (Å²) < 4.78 is 25.9. The van der Waals surface area contributed by atoms with Gasteiger partial charge in [-0.25, -0.2) is 18.4 Å². The third-order valence-electron chi connectivity index (χ3n) is 4.60. The lowest BCUT2D eigenvalue weighted by atomic mass is 10.1. The van der Waals surface area contributed by atoms with Crippen LogP contribution < -0.4 is 10.6 Å². The first kappa shape index (κ1) is 20.0. The highest BCUT2D eigenvalue weighted by atomic mass is 32.2. The SMILES string of the molecule is CC(=O)Nc1cc(Nc2cc(C)cc(S(C)(=O)=O)n2)c(-c2ccn(C3CC3)n2)cn1. The third-order valence-corrected chi connectivity index (χ3v) is 5.57. The van der Waals surface area contributed by atoms with Crippen LogP contribution >= 0.6 is 0 Å². The minimum Gasteiger partial charge on any atom is -0.339 e. The topological polar surface area (TPSA) is 119 Å². The van der Waals surface area contributed by atoms with E-state index in [1.165, 1.54) is 13.0 Å². The Morgan fingerprint density at radius 3 is 2.63 bits per heavy atom. The molecule has 1 amide bonds. The molecule has 2 N–H and O–H groups in total. The molecule has 0 radical (unpaired) electrons. The number of nitrogens with one attached hydrogen (secondary N) is 2. The van der Waals surface area contributed by atoms with Crippen LogP contribution in [0.2, 0.25) is 0 Å². The van der Waals surface area contributed by atoms with E-state index in [0.29, 0.717) is 28.9 Å². The van der Waals surface area contributed by atoms with Gasteiger partial charge in [0.05, 0.1) is 17.4 Å². The van der Waals surface area contributed by atoms with Crippen molar-refractivity contribution in [2.75, 3.05) is 16.9 Å². The van der Waals surface area contributed by atoms with Crippen LogP contribution in [0.4, 0.5) is 17.3 Å². The Balaban J connectivity index is 1.76.